The van der Waals surface area contributed by atoms with Gasteiger partial charge in [0.15, 0.2) is 0 Å². The Kier molecular flexibility index (Phi) is 4.84. The molecule has 0 spiro atoms. The van der Waals surface area contributed by atoms with Crippen molar-refractivity contribution < 1.29 is 21.7 Å². The number of hydrogen-bond donors (Lipinski definition) is 0. The number of hydrogen-bond acceptors (Lipinski definition) is 0. The van der Waals surface area contributed by atoms with Crippen molar-refractivity contribution in [3.8, 4) is 11.1 Å². The van der Waals surface area contributed by atoms with Crippen molar-refractivity contribution >= 4 is 0 Å². The normalized spacial score (nSPS) is 10.5. The first-order valence-electron chi connectivity index (χ1n) is 6.20. The van der Waals surface area contributed by atoms with Gasteiger partial charge in [-0.1, -0.05) is 35.4 Å². The molecule has 3 aromatic carbocycles. The SMILES string of the molecule is [Ti+2].[c-]1cccc2c1Cc1ccccc1-2.c1cc[cH-]c1. The fraction of sp³-hybridized carbons (Fsp3) is 0.0556. The first-order valence-corrected chi connectivity index (χ1v) is 6.20. The fourth-order valence-electron chi connectivity index (χ4n) is 2.32. The molecule has 0 atom stereocenters. The summed E-state index contributed by atoms with van der Waals surface area (Å²) in [4.78, 5) is 0. The number of rotatable bonds is 0. The van der Waals surface area contributed by atoms with Crippen molar-refractivity contribution in [2.75, 3.05) is 0 Å². The molecule has 0 heterocycles. The molecule has 0 N–H and O–H groups in total. The van der Waals surface area contributed by atoms with E-state index >= 15 is 0 Å². The zero-order chi connectivity index (χ0) is 12.2. The second kappa shape index (κ2) is 6.61. The van der Waals surface area contributed by atoms with Gasteiger partial charge in [0, 0.05) is 0 Å². The van der Waals surface area contributed by atoms with Crippen LogP contribution in [0, 0.1) is 6.07 Å². The van der Waals surface area contributed by atoms with E-state index in [1.165, 1.54) is 22.3 Å². The largest absolute Gasteiger partial charge is 2.00 e. The average molecular weight is 278 g/mol. The zero-order valence-corrected chi connectivity index (χ0v) is 12.2. The average Bonchev–Trinajstić information content (AvgIpc) is 3.10. The summed E-state index contributed by atoms with van der Waals surface area (Å²) in [7, 11) is 0. The van der Waals surface area contributed by atoms with E-state index in [9.17, 15) is 0 Å². The van der Waals surface area contributed by atoms with Crippen molar-refractivity contribution in [2.45, 2.75) is 6.42 Å². The van der Waals surface area contributed by atoms with Crippen LogP contribution in [0.5, 0.6) is 0 Å². The summed E-state index contributed by atoms with van der Waals surface area (Å²) in [5.74, 6) is 0. The molecule has 90 valence electrons. The fourth-order valence-corrected chi connectivity index (χ4v) is 2.32. The van der Waals surface area contributed by atoms with Gasteiger partial charge in [-0.3, -0.25) is 0 Å². The molecular formula is C18H14Ti. The Balaban J connectivity index is 0.000000190. The van der Waals surface area contributed by atoms with Crippen LogP contribution in [0.2, 0.25) is 0 Å². The maximum Gasteiger partial charge on any atom is 2.00 e. The van der Waals surface area contributed by atoms with Crippen molar-refractivity contribution in [3.05, 3.63) is 90.0 Å². The van der Waals surface area contributed by atoms with Gasteiger partial charge in [-0.2, -0.15) is 48.0 Å². The Bertz CT molecular complexity index is 563. The monoisotopic (exact) mass is 278 g/mol. The van der Waals surface area contributed by atoms with Crippen molar-refractivity contribution in [3.63, 3.8) is 0 Å². The molecular weight excluding hydrogens is 264 g/mol. The van der Waals surface area contributed by atoms with Gasteiger partial charge in [-0.15, -0.1) is 5.56 Å². The summed E-state index contributed by atoms with van der Waals surface area (Å²) < 4.78 is 0. The van der Waals surface area contributed by atoms with Gasteiger partial charge in [-0.25, -0.2) is 12.1 Å². The molecule has 0 unspecified atom stereocenters. The quantitative estimate of drug-likeness (QED) is 0.329. The van der Waals surface area contributed by atoms with E-state index in [-0.39, 0.29) is 21.7 Å². The standard InChI is InChI=1S/C13H9.C5H5.Ti/c1-3-7-12-10(5-1)9-11-6-2-4-8-13(11)12;1-2-4-5-3-1;/h1-5,7-8H,9H2;1-5H;/q2*-1;+2. The Morgan fingerprint density at radius 2 is 1.58 bits per heavy atom. The minimum Gasteiger partial charge on any atom is -0.214 e. The summed E-state index contributed by atoms with van der Waals surface area (Å²) in [5.41, 5.74) is 5.51. The first kappa shape index (κ1) is 13.9. The third-order valence-electron chi connectivity index (χ3n) is 3.17. The van der Waals surface area contributed by atoms with E-state index in [2.05, 4.69) is 42.5 Å². The van der Waals surface area contributed by atoms with Crippen LogP contribution in [0.1, 0.15) is 11.1 Å². The van der Waals surface area contributed by atoms with E-state index in [1.807, 2.05) is 36.4 Å². The Morgan fingerprint density at radius 1 is 0.842 bits per heavy atom. The number of benzene rings is 2. The molecule has 0 saturated heterocycles. The van der Waals surface area contributed by atoms with E-state index in [0.29, 0.717) is 0 Å². The van der Waals surface area contributed by atoms with Crippen LogP contribution < -0.4 is 0 Å². The van der Waals surface area contributed by atoms with Gasteiger partial charge < -0.3 is 0 Å². The molecule has 0 amide bonds. The van der Waals surface area contributed by atoms with Gasteiger partial charge in [0.25, 0.3) is 0 Å². The van der Waals surface area contributed by atoms with E-state index in [4.69, 9.17) is 0 Å². The number of fused-ring (bicyclic) bond motifs is 3. The molecule has 1 aliphatic carbocycles. The molecule has 0 aromatic heterocycles. The van der Waals surface area contributed by atoms with Crippen LogP contribution in [0.4, 0.5) is 0 Å². The molecule has 1 heteroatoms. The molecule has 0 bridgehead atoms. The maximum atomic E-state index is 3.30. The van der Waals surface area contributed by atoms with E-state index in [1.54, 1.807) is 0 Å². The maximum absolute atomic E-state index is 3.30. The second-order valence-corrected chi connectivity index (χ2v) is 4.36. The summed E-state index contributed by atoms with van der Waals surface area (Å²) in [5, 5.41) is 0. The Morgan fingerprint density at radius 3 is 2.32 bits per heavy atom. The Hall–Kier alpha value is -1.50. The molecule has 4 rings (SSSR count). The van der Waals surface area contributed by atoms with Crippen LogP contribution in [-0.4, -0.2) is 0 Å². The smallest absolute Gasteiger partial charge is 0.214 e. The van der Waals surface area contributed by atoms with E-state index < -0.39 is 0 Å². The molecule has 0 radical (unpaired) electrons. The van der Waals surface area contributed by atoms with Crippen LogP contribution in [-0.2, 0) is 28.1 Å². The molecule has 0 saturated carbocycles. The van der Waals surface area contributed by atoms with Gasteiger partial charge in [-0.05, 0) is 6.42 Å². The molecule has 19 heavy (non-hydrogen) atoms. The second-order valence-electron chi connectivity index (χ2n) is 4.36. The topological polar surface area (TPSA) is 0 Å². The molecule has 0 aliphatic heterocycles. The van der Waals surface area contributed by atoms with Crippen molar-refractivity contribution in [2.24, 2.45) is 0 Å². The van der Waals surface area contributed by atoms with Crippen molar-refractivity contribution in [1.82, 2.24) is 0 Å². The molecule has 0 fully saturated rings. The van der Waals surface area contributed by atoms with Crippen LogP contribution >= 0.6 is 0 Å². The third-order valence-corrected chi connectivity index (χ3v) is 3.17. The molecule has 1 aliphatic rings. The van der Waals surface area contributed by atoms with Gasteiger partial charge >= 0.3 is 21.7 Å². The molecule has 0 nitrogen and oxygen atoms in total. The minimum absolute atomic E-state index is 0. The minimum atomic E-state index is 0. The third kappa shape index (κ3) is 3.09. The zero-order valence-electron chi connectivity index (χ0n) is 10.6. The summed E-state index contributed by atoms with van der Waals surface area (Å²) >= 11 is 0. The summed E-state index contributed by atoms with van der Waals surface area (Å²) in [6.07, 6.45) is 1.05. The van der Waals surface area contributed by atoms with Crippen LogP contribution in [0.3, 0.4) is 0 Å². The van der Waals surface area contributed by atoms with Crippen LogP contribution in [0.15, 0.2) is 72.8 Å². The Labute approximate surface area is 129 Å². The predicted molar refractivity (Wildman–Crippen MR) is 75.6 cm³/mol. The van der Waals surface area contributed by atoms with E-state index in [0.717, 1.165) is 6.42 Å². The van der Waals surface area contributed by atoms with Gasteiger partial charge in [0.2, 0.25) is 0 Å². The molecule has 3 aromatic rings. The summed E-state index contributed by atoms with van der Waals surface area (Å²) in [6, 6.07) is 28.1. The predicted octanol–water partition coefficient (Wildman–Crippen LogP) is 4.46. The van der Waals surface area contributed by atoms with Crippen molar-refractivity contribution in [1.29, 1.82) is 0 Å². The van der Waals surface area contributed by atoms with Gasteiger partial charge in [0.1, 0.15) is 0 Å². The summed E-state index contributed by atoms with van der Waals surface area (Å²) in [6.45, 7) is 0. The van der Waals surface area contributed by atoms with Crippen LogP contribution in [0.25, 0.3) is 11.1 Å². The first-order chi connectivity index (χ1) is 8.95. The van der Waals surface area contributed by atoms with Gasteiger partial charge in [0.05, 0.1) is 0 Å².